The summed E-state index contributed by atoms with van der Waals surface area (Å²) in [4.78, 5) is 20.6. The quantitative estimate of drug-likeness (QED) is 0.840. The van der Waals surface area contributed by atoms with Gasteiger partial charge in [-0.25, -0.2) is 9.97 Å². The largest absolute Gasteiger partial charge is 0.353 e. The van der Waals surface area contributed by atoms with Crippen molar-refractivity contribution in [2.75, 3.05) is 54.0 Å². The molecule has 2 aromatic heterocycles. The second-order valence-electron chi connectivity index (χ2n) is 6.55. The maximum Gasteiger partial charge on any atom is 0.227 e. The van der Waals surface area contributed by atoms with Gasteiger partial charge in [-0.2, -0.15) is 4.98 Å². The molecule has 0 aliphatic carbocycles. The number of hydrogen-bond donors (Lipinski definition) is 0. The van der Waals surface area contributed by atoms with Crippen LogP contribution in [-0.2, 0) is 0 Å². The molecule has 0 saturated carbocycles. The summed E-state index contributed by atoms with van der Waals surface area (Å²) in [5, 5.41) is 0.713. The topological polar surface area (TPSA) is 48.4 Å². The zero-order valence-corrected chi connectivity index (χ0v) is 15.1. The van der Waals surface area contributed by atoms with E-state index in [4.69, 9.17) is 16.6 Å². The molecule has 0 spiro atoms. The third kappa shape index (κ3) is 3.63. The van der Waals surface area contributed by atoms with Crippen molar-refractivity contribution in [2.24, 2.45) is 0 Å². The van der Waals surface area contributed by atoms with Crippen molar-refractivity contribution in [1.29, 1.82) is 0 Å². The monoisotopic (exact) mass is 358 g/mol. The molecule has 132 valence electrons. The summed E-state index contributed by atoms with van der Waals surface area (Å²) in [6.07, 6.45) is 7.46. The molecule has 0 bridgehead atoms. The van der Waals surface area contributed by atoms with Crippen molar-refractivity contribution in [3.63, 3.8) is 0 Å². The Hall–Kier alpha value is -2.08. The molecular formula is C18H23ClN6. The molecule has 0 amide bonds. The van der Waals surface area contributed by atoms with Crippen LogP contribution in [0.5, 0.6) is 0 Å². The standard InChI is InChI=1S/C18H23ClN6/c19-15-5-4-7-20-17(15)24-13-11-23(12-14-24)16-6-8-21-18(22-16)25-9-2-1-3-10-25/h4-8H,1-3,9-14H2. The van der Waals surface area contributed by atoms with Crippen LogP contribution in [0.3, 0.4) is 0 Å². The SMILES string of the molecule is Clc1cccnc1N1CCN(c2ccnc(N3CCCCC3)n2)CC1. The predicted octanol–water partition coefficient (Wildman–Crippen LogP) is 2.84. The van der Waals surface area contributed by atoms with Gasteiger partial charge in [0.05, 0.1) is 5.02 Å². The minimum Gasteiger partial charge on any atom is -0.353 e. The number of aromatic nitrogens is 3. The van der Waals surface area contributed by atoms with Crippen molar-refractivity contribution in [2.45, 2.75) is 19.3 Å². The van der Waals surface area contributed by atoms with Crippen molar-refractivity contribution in [3.8, 4) is 0 Å². The molecule has 25 heavy (non-hydrogen) atoms. The second-order valence-corrected chi connectivity index (χ2v) is 6.95. The lowest BCUT2D eigenvalue weighted by Gasteiger charge is -2.36. The molecule has 7 heteroatoms. The molecule has 4 heterocycles. The number of piperidine rings is 1. The van der Waals surface area contributed by atoms with Crippen LogP contribution in [0.25, 0.3) is 0 Å². The highest BCUT2D eigenvalue weighted by atomic mass is 35.5. The Morgan fingerprint density at radius 3 is 2.28 bits per heavy atom. The van der Waals surface area contributed by atoms with Gasteiger partial charge in [-0.15, -0.1) is 0 Å². The lowest BCUT2D eigenvalue weighted by atomic mass is 10.1. The fourth-order valence-corrected chi connectivity index (χ4v) is 3.76. The van der Waals surface area contributed by atoms with E-state index in [1.54, 1.807) is 6.20 Å². The molecule has 2 aliphatic heterocycles. The van der Waals surface area contributed by atoms with Gasteiger partial charge in [0.25, 0.3) is 0 Å². The summed E-state index contributed by atoms with van der Waals surface area (Å²) in [6, 6.07) is 5.77. The predicted molar refractivity (Wildman–Crippen MR) is 102 cm³/mol. The number of rotatable bonds is 3. The Balaban J connectivity index is 1.43. The molecule has 4 rings (SSSR count). The van der Waals surface area contributed by atoms with Gasteiger partial charge < -0.3 is 14.7 Å². The highest BCUT2D eigenvalue weighted by Gasteiger charge is 2.22. The first kappa shape index (κ1) is 16.4. The van der Waals surface area contributed by atoms with Crippen LogP contribution in [-0.4, -0.2) is 54.2 Å². The minimum atomic E-state index is 0.713. The van der Waals surface area contributed by atoms with Gasteiger partial charge in [-0.1, -0.05) is 11.6 Å². The summed E-state index contributed by atoms with van der Waals surface area (Å²) in [5.41, 5.74) is 0. The van der Waals surface area contributed by atoms with E-state index in [0.29, 0.717) is 5.02 Å². The summed E-state index contributed by atoms with van der Waals surface area (Å²) in [6.45, 7) is 5.72. The van der Waals surface area contributed by atoms with Gasteiger partial charge in [0.15, 0.2) is 0 Å². The highest BCUT2D eigenvalue weighted by molar-refractivity contribution is 6.32. The molecule has 2 aliphatic rings. The van der Waals surface area contributed by atoms with E-state index in [1.807, 2.05) is 24.4 Å². The van der Waals surface area contributed by atoms with Gasteiger partial charge in [0.2, 0.25) is 5.95 Å². The van der Waals surface area contributed by atoms with E-state index in [9.17, 15) is 0 Å². The van der Waals surface area contributed by atoms with Crippen LogP contribution in [0.4, 0.5) is 17.6 Å². The van der Waals surface area contributed by atoms with Crippen molar-refractivity contribution >= 4 is 29.2 Å². The van der Waals surface area contributed by atoms with E-state index < -0.39 is 0 Å². The molecule has 0 aromatic carbocycles. The van der Waals surface area contributed by atoms with Crippen LogP contribution in [0.2, 0.25) is 5.02 Å². The van der Waals surface area contributed by atoms with E-state index in [-0.39, 0.29) is 0 Å². The Kier molecular flexibility index (Phi) is 4.88. The fourth-order valence-electron chi connectivity index (χ4n) is 3.52. The molecule has 2 aromatic rings. The van der Waals surface area contributed by atoms with Crippen molar-refractivity contribution in [1.82, 2.24) is 15.0 Å². The molecule has 6 nitrogen and oxygen atoms in total. The Labute approximate surface area is 153 Å². The molecule has 0 atom stereocenters. The third-order valence-electron chi connectivity index (χ3n) is 4.91. The molecular weight excluding hydrogens is 336 g/mol. The number of pyridine rings is 1. The normalized spacial score (nSPS) is 18.5. The van der Waals surface area contributed by atoms with E-state index in [2.05, 4.69) is 24.7 Å². The van der Waals surface area contributed by atoms with E-state index in [0.717, 1.165) is 56.9 Å². The smallest absolute Gasteiger partial charge is 0.227 e. The van der Waals surface area contributed by atoms with Crippen molar-refractivity contribution < 1.29 is 0 Å². The second kappa shape index (κ2) is 7.44. The van der Waals surface area contributed by atoms with Crippen LogP contribution in [0.1, 0.15) is 19.3 Å². The summed E-state index contributed by atoms with van der Waals surface area (Å²) < 4.78 is 0. The molecule has 0 radical (unpaired) electrons. The lowest BCUT2D eigenvalue weighted by molar-refractivity contribution is 0.567. The van der Waals surface area contributed by atoms with Crippen LogP contribution < -0.4 is 14.7 Å². The van der Waals surface area contributed by atoms with Gasteiger partial charge in [0, 0.05) is 51.7 Å². The number of anilines is 3. The zero-order chi connectivity index (χ0) is 17.1. The Morgan fingerprint density at radius 2 is 1.52 bits per heavy atom. The average Bonchev–Trinajstić information content (AvgIpc) is 2.69. The summed E-state index contributed by atoms with van der Waals surface area (Å²) in [7, 11) is 0. The van der Waals surface area contributed by atoms with Gasteiger partial charge in [-0.3, -0.25) is 0 Å². The molecule has 2 saturated heterocycles. The Morgan fingerprint density at radius 1 is 0.760 bits per heavy atom. The molecule has 0 N–H and O–H groups in total. The third-order valence-corrected chi connectivity index (χ3v) is 5.20. The minimum absolute atomic E-state index is 0.713. The van der Waals surface area contributed by atoms with E-state index in [1.165, 1.54) is 19.3 Å². The lowest BCUT2D eigenvalue weighted by Crippen LogP contribution is -2.47. The first-order valence-electron chi connectivity index (χ1n) is 9.00. The number of halogens is 1. The zero-order valence-electron chi connectivity index (χ0n) is 14.3. The number of piperazine rings is 1. The summed E-state index contributed by atoms with van der Waals surface area (Å²) >= 11 is 6.27. The maximum absolute atomic E-state index is 6.27. The first-order valence-corrected chi connectivity index (χ1v) is 9.37. The van der Waals surface area contributed by atoms with Crippen LogP contribution in [0, 0.1) is 0 Å². The summed E-state index contributed by atoms with van der Waals surface area (Å²) in [5.74, 6) is 2.76. The number of hydrogen-bond acceptors (Lipinski definition) is 6. The van der Waals surface area contributed by atoms with E-state index >= 15 is 0 Å². The maximum atomic E-state index is 6.27. The molecule has 2 fully saturated rings. The van der Waals surface area contributed by atoms with Gasteiger partial charge in [-0.05, 0) is 37.5 Å². The highest BCUT2D eigenvalue weighted by Crippen LogP contribution is 2.25. The van der Waals surface area contributed by atoms with Crippen LogP contribution in [0.15, 0.2) is 30.6 Å². The Bertz CT molecular complexity index is 710. The van der Waals surface area contributed by atoms with Gasteiger partial charge >= 0.3 is 0 Å². The van der Waals surface area contributed by atoms with Crippen LogP contribution >= 0.6 is 11.6 Å². The fraction of sp³-hybridized carbons (Fsp3) is 0.500. The van der Waals surface area contributed by atoms with Crippen molar-refractivity contribution in [3.05, 3.63) is 35.6 Å². The first-order chi connectivity index (χ1) is 12.3. The average molecular weight is 359 g/mol. The van der Waals surface area contributed by atoms with Gasteiger partial charge in [0.1, 0.15) is 11.6 Å². The molecule has 0 unspecified atom stereocenters. The number of nitrogens with zero attached hydrogens (tertiary/aromatic N) is 6.